The van der Waals surface area contributed by atoms with Crippen molar-refractivity contribution >= 4 is 35.3 Å². The largest absolute Gasteiger partial charge is 0.467 e. The van der Waals surface area contributed by atoms with Crippen molar-refractivity contribution in [2.24, 2.45) is 4.99 Å². The average molecular weight is 507 g/mol. The van der Waals surface area contributed by atoms with Crippen LogP contribution in [-0.2, 0) is 34.0 Å². The van der Waals surface area contributed by atoms with Gasteiger partial charge in [-0.05, 0) is 38.0 Å². The summed E-state index contributed by atoms with van der Waals surface area (Å²) < 4.78 is 20.6. The van der Waals surface area contributed by atoms with Crippen LogP contribution in [-0.4, -0.2) is 68.0 Å². The van der Waals surface area contributed by atoms with E-state index in [-0.39, 0.29) is 29.1 Å². The van der Waals surface area contributed by atoms with Gasteiger partial charge in [0, 0.05) is 5.69 Å². The number of carbonyl (C=O) groups is 4. The van der Waals surface area contributed by atoms with Crippen molar-refractivity contribution in [3.05, 3.63) is 64.2 Å². The monoisotopic (exact) mass is 507 g/mol. The molecule has 3 aliphatic heterocycles. The lowest BCUT2D eigenvalue weighted by atomic mass is 9.69. The number of carbonyl (C=O) groups excluding carboxylic acids is 4. The maximum Gasteiger partial charge on any atom is 0.357 e. The molecule has 4 heterocycles. The van der Waals surface area contributed by atoms with Gasteiger partial charge in [0.05, 0.1) is 43.9 Å². The van der Waals surface area contributed by atoms with Gasteiger partial charge in [-0.3, -0.25) is 9.69 Å². The van der Waals surface area contributed by atoms with Crippen molar-refractivity contribution in [3.63, 3.8) is 0 Å². The number of fused-ring (bicyclic) bond motifs is 1. The normalized spacial score (nSPS) is 23.4. The maximum absolute atomic E-state index is 14.0. The molecule has 3 aliphatic rings. The summed E-state index contributed by atoms with van der Waals surface area (Å²) in [6.07, 6.45) is 0.0454. The summed E-state index contributed by atoms with van der Waals surface area (Å²) in [5.74, 6) is -1.87. The molecule has 1 aromatic carbocycles. The highest BCUT2D eigenvalue weighted by Gasteiger charge is 2.66. The van der Waals surface area contributed by atoms with E-state index in [1.165, 1.54) is 19.1 Å². The number of amides is 1. The molecule has 1 saturated heterocycles. The molecule has 192 valence electrons. The van der Waals surface area contributed by atoms with Crippen molar-refractivity contribution in [2.45, 2.75) is 37.8 Å². The van der Waals surface area contributed by atoms with E-state index in [4.69, 9.17) is 18.6 Å². The number of para-hydroxylation sites is 1. The number of rotatable bonds is 4. The summed E-state index contributed by atoms with van der Waals surface area (Å²) in [5, 5.41) is 3.31. The van der Waals surface area contributed by atoms with Crippen LogP contribution in [0, 0.1) is 13.8 Å². The number of nitrogens with one attached hydrogen (secondary N) is 1. The van der Waals surface area contributed by atoms with E-state index in [1.807, 2.05) is 24.3 Å². The lowest BCUT2D eigenvalue weighted by Crippen LogP contribution is -2.53. The van der Waals surface area contributed by atoms with Gasteiger partial charge in [0.25, 0.3) is 5.91 Å². The topological polar surface area (TPSA) is 137 Å². The fraction of sp³-hybridized carbons (Fsp3) is 0.346. The Morgan fingerprint density at radius 2 is 1.76 bits per heavy atom. The number of nitrogens with zero attached hydrogens (tertiary/aromatic N) is 2. The highest BCUT2D eigenvalue weighted by atomic mass is 16.5. The first-order valence-electron chi connectivity index (χ1n) is 11.5. The molecule has 0 bridgehead atoms. The van der Waals surface area contributed by atoms with Crippen molar-refractivity contribution in [1.82, 2.24) is 4.90 Å². The first-order valence-corrected chi connectivity index (χ1v) is 11.5. The van der Waals surface area contributed by atoms with E-state index >= 15 is 0 Å². The third-order valence-corrected chi connectivity index (χ3v) is 7.16. The molecule has 1 N–H and O–H groups in total. The summed E-state index contributed by atoms with van der Waals surface area (Å²) in [5.41, 5.74) is 0.0913. The lowest BCUT2D eigenvalue weighted by molar-refractivity contribution is -0.144. The second-order valence-corrected chi connectivity index (χ2v) is 9.02. The highest BCUT2D eigenvalue weighted by molar-refractivity contribution is 6.19. The van der Waals surface area contributed by atoms with Crippen LogP contribution < -0.4 is 5.32 Å². The molecule has 5 rings (SSSR count). The number of methoxy groups -OCH3 is 3. The van der Waals surface area contributed by atoms with Crippen molar-refractivity contribution in [2.75, 3.05) is 26.6 Å². The number of amidine groups is 1. The molecule has 37 heavy (non-hydrogen) atoms. The Morgan fingerprint density at radius 1 is 1.05 bits per heavy atom. The Bertz CT molecular complexity index is 1420. The van der Waals surface area contributed by atoms with Crippen LogP contribution in [0.3, 0.4) is 0 Å². The number of likely N-dealkylation sites (tertiary alicyclic amines) is 1. The third-order valence-electron chi connectivity index (χ3n) is 7.16. The molecule has 2 aromatic rings. The first kappa shape index (κ1) is 24.3. The van der Waals surface area contributed by atoms with Gasteiger partial charge < -0.3 is 23.9 Å². The first-order chi connectivity index (χ1) is 17.7. The summed E-state index contributed by atoms with van der Waals surface area (Å²) in [6.45, 7) is 3.35. The van der Waals surface area contributed by atoms with Crippen molar-refractivity contribution in [1.29, 1.82) is 0 Å². The van der Waals surface area contributed by atoms with E-state index < -0.39 is 41.3 Å². The molecule has 0 aliphatic carbocycles. The van der Waals surface area contributed by atoms with Crippen molar-refractivity contribution < 1.29 is 37.8 Å². The number of esters is 3. The van der Waals surface area contributed by atoms with Crippen LogP contribution in [0.5, 0.6) is 0 Å². The third kappa shape index (κ3) is 3.30. The molecule has 1 amide bonds. The molecule has 0 saturated carbocycles. The molecule has 0 unspecified atom stereocenters. The molecular formula is C26H25N3O8. The van der Waals surface area contributed by atoms with Gasteiger partial charge in [0.1, 0.15) is 23.4 Å². The molecule has 0 radical (unpaired) electrons. The number of anilines is 1. The highest BCUT2D eigenvalue weighted by Crippen LogP contribution is 2.55. The molecule has 11 heteroatoms. The van der Waals surface area contributed by atoms with E-state index in [2.05, 4.69) is 10.3 Å². The lowest BCUT2D eigenvalue weighted by Gasteiger charge is -2.37. The van der Waals surface area contributed by atoms with E-state index in [0.29, 0.717) is 22.8 Å². The zero-order valence-corrected chi connectivity index (χ0v) is 20.9. The molecular weight excluding hydrogens is 482 g/mol. The van der Waals surface area contributed by atoms with Crippen molar-refractivity contribution in [3.8, 4) is 0 Å². The van der Waals surface area contributed by atoms with Gasteiger partial charge in [-0.2, -0.15) is 0 Å². The zero-order valence-electron chi connectivity index (χ0n) is 20.9. The zero-order chi connectivity index (χ0) is 26.6. The van der Waals surface area contributed by atoms with Crippen LogP contribution in [0.2, 0.25) is 0 Å². The number of ether oxygens (including phenoxy) is 3. The summed E-state index contributed by atoms with van der Waals surface area (Å²) in [4.78, 5) is 58.9. The standard InChI is InChI=1S/C26H25N3O8/c1-12-10-14(13(2)37-12)21(30)29-17(22(31)34-3)11-26-15-8-6-7-9-16(15)27-20(26)18(23(32)35-4)19(24(33)36-5)28-25(26)29/h6-10,17,20,27H,11H2,1-5H3/t17-,20-,26-/m0/s1. The average Bonchev–Trinajstić information content (AvgIpc) is 3.55. The van der Waals surface area contributed by atoms with Gasteiger partial charge in [-0.1, -0.05) is 18.2 Å². The molecule has 1 spiro atoms. The number of hydrogen-bond donors (Lipinski definition) is 1. The predicted molar refractivity (Wildman–Crippen MR) is 129 cm³/mol. The Kier molecular flexibility index (Phi) is 5.65. The molecule has 3 atom stereocenters. The minimum Gasteiger partial charge on any atom is -0.467 e. The van der Waals surface area contributed by atoms with Gasteiger partial charge in [-0.25, -0.2) is 19.4 Å². The Hall–Kier alpha value is -4.41. The SMILES string of the molecule is COC(=O)C1=C(C(=O)OC)[C@@H]2Nc3ccccc3[C@@]23C[C@@H](C(=O)OC)N(C(=O)c2cc(C)oc2C)C3=N1. The second-order valence-electron chi connectivity index (χ2n) is 9.02. The molecule has 1 fully saturated rings. The summed E-state index contributed by atoms with van der Waals surface area (Å²) in [6, 6.07) is 6.88. The number of hydrogen-bond acceptors (Lipinski definition) is 10. The maximum atomic E-state index is 14.0. The predicted octanol–water partition coefficient (Wildman–Crippen LogP) is 2.03. The quantitative estimate of drug-likeness (QED) is 0.487. The van der Waals surface area contributed by atoms with E-state index in [9.17, 15) is 19.2 Å². The van der Waals surface area contributed by atoms with Gasteiger partial charge in [0.2, 0.25) is 0 Å². The van der Waals surface area contributed by atoms with Crippen LogP contribution in [0.15, 0.2) is 51.0 Å². The summed E-state index contributed by atoms with van der Waals surface area (Å²) in [7, 11) is 3.59. The Labute approximate surface area is 212 Å². The van der Waals surface area contributed by atoms with Gasteiger partial charge in [0.15, 0.2) is 5.70 Å². The Morgan fingerprint density at radius 3 is 2.38 bits per heavy atom. The fourth-order valence-corrected chi connectivity index (χ4v) is 5.65. The number of aliphatic imine (C=N–C) groups is 1. The van der Waals surface area contributed by atoms with E-state index in [0.717, 1.165) is 7.11 Å². The van der Waals surface area contributed by atoms with Crippen LogP contribution >= 0.6 is 0 Å². The van der Waals surface area contributed by atoms with Gasteiger partial charge in [-0.15, -0.1) is 0 Å². The number of aryl methyl sites for hydroxylation is 2. The van der Waals surface area contributed by atoms with Crippen LogP contribution in [0.4, 0.5) is 5.69 Å². The van der Waals surface area contributed by atoms with Crippen LogP contribution in [0.25, 0.3) is 0 Å². The summed E-state index contributed by atoms with van der Waals surface area (Å²) >= 11 is 0. The second kappa shape index (κ2) is 8.61. The van der Waals surface area contributed by atoms with E-state index in [1.54, 1.807) is 19.9 Å². The van der Waals surface area contributed by atoms with Gasteiger partial charge >= 0.3 is 17.9 Å². The Balaban J connectivity index is 1.82. The minimum atomic E-state index is -1.17. The minimum absolute atomic E-state index is 0.0454. The van der Waals surface area contributed by atoms with Crippen LogP contribution in [0.1, 0.15) is 33.9 Å². The molecule has 11 nitrogen and oxygen atoms in total. The number of furan rings is 1. The molecule has 1 aromatic heterocycles. The number of benzene rings is 1. The smallest absolute Gasteiger partial charge is 0.357 e. The fourth-order valence-electron chi connectivity index (χ4n) is 5.65.